The standard InChI is InChI=1S/C15H20F2N2O3.ClH/c16-12-4-3-11(7-13(12)17)22-9-10(20)8-19-14(21)15(18)5-1-2-6-15;/h3-4,7,10,20H,1-2,5-6,8-9,18H2,(H,19,21);1H. The Labute approximate surface area is 139 Å². The van der Waals surface area contributed by atoms with Crippen LogP contribution in [0.2, 0.25) is 0 Å². The minimum atomic E-state index is -1.02. The van der Waals surface area contributed by atoms with E-state index in [1.54, 1.807) is 0 Å². The summed E-state index contributed by atoms with van der Waals surface area (Å²) in [5, 5.41) is 12.4. The van der Waals surface area contributed by atoms with Crippen molar-refractivity contribution in [1.82, 2.24) is 5.32 Å². The SMILES string of the molecule is Cl.NC1(C(=O)NCC(O)COc2ccc(F)c(F)c2)CCCC1. The Morgan fingerprint density at radius 3 is 2.61 bits per heavy atom. The highest BCUT2D eigenvalue weighted by Gasteiger charge is 2.36. The molecule has 1 aliphatic rings. The van der Waals surface area contributed by atoms with Gasteiger partial charge in [-0.05, 0) is 25.0 Å². The molecular formula is C15H21ClF2N2O3. The van der Waals surface area contributed by atoms with E-state index in [0.717, 1.165) is 25.0 Å². The average Bonchev–Trinajstić information content (AvgIpc) is 2.94. The third kappa shape index (κ3) is 5.30. The van der Waals surface area contributed by atoms with Crippen molar-refractivity contribution in [2.24, 2.45) is 5.73 Å². The van der Waals surface area contributed by atoms with Gasteiger partial charge in [-0.25, -0.2) is 8.78 Å². The topological polar surface area (TPSA) is 84.6 Å². The van der Waals surface area contributed by atoms with Crippen molar-refractivity contribution in [2.45, 2.75) is 37.3 Å². The first-order valence-corrected chi connectivity index (χ1v) is 7.24. The first-order chi connectivity index (χ1) is 10.4. The quantitative estimate of drug-likeness (QED) is 0.726. The summed E-state index contributed by atoms with van der Waals surface area (Å²) in [6.07, 6.45) is 2.15. The van der Waals surface area contributed by atoms with Crippen LogP contribution in [-0.2, 0) is 4.79 Å². The summed E-state index contributed by atoms with van der Waals surface area (Å²) in [6, 6.07) is 3.10. The number of nitrogens with one attached hydrogen (secondary N) is 1. The van der Waals surface area contributed by atoms with Gasteiger partial charge in [0.25, 0.3) is 0 Å². The minimum Gasteiger partial charge on any atom is -0.491 e. The fourth-order valence-corrected chi connectivity index (χ4v) is 2.44. The first kappa shape index (κ1) is 19.6. The molecule has 1 saturated carbocycles. The van der Waals surface area contributed by atoms with E-state index in [0.29, 0.717) is 12.8 Å². The summed E-state index contributed by atoms with van der Waals surface area (Å²) >= 11 is 0. The number of rotatable bonds is 6. The molecule has 0 bridgehead atoms. The number of nitrogens with two attached hydrogens (primary N) is 1. The molecule has 2 rings (SSSR count). The fourth-order valence-electron chi connectivity index (χ4n) is 2.44. The number of halogens is 3. The Morgan fingerprint density at radius 1 is 1.35 bits per heavy atom. The van der Waals surface area contributed by atoms with Crippen LogP contribution in [-0.4, -0.2) is 35.8 Å². The third-order valence-corrected chi connectivity index (χ3v) is 3.78. The van der Waals surface area contributed by atoms with Gasteiger partial charge in [-0.1, -0.05) is 12.8 Å². The summed E-state index contributed by atoms with van der Waals surface area (Å²) < 4.78 is 30.9. The molecule has 8 heteroatoms. The highest BCUT2D eigenvalue weighted by molar-refractivity contribution is 5.86. The molecule has 1 atom stereocenters. The van der Waals surface area contributed by atoms with Gasteiger partial charge in [0.2, 0.25) is 5.91 Å². The maximum atomic E-state index is 13.0. The molecule has 0 heterocycles. The second-order valence-corrected chi connectivity index (χ2v) is 5.61. The van der Waals surface area contributed by atoms with Gasteiger partial charge in [0.15, 0.2) is 11.6 Å². The smallest absolute Gasteiger partial charge is 0.240 e. The summed E-state index contributed by atoms with van der Waals surface area (Å²) in [6.45, 7) is -0.162. The molecule has 1 aromatic rings. The number of amides is 1. The number of benzene rings is 1. The molecule has 1 amide bonds. The van der Waals surface area contributed by atoms with E-state index in [4.69, 9.17) is 10.5 Å². The van der Waals surface area contributed by atoms with Gasteiger partial charge >= 0.3 is 0 Å². The summed E-state index contributed by atoms with van der Waals surface area (Å²) in [5.74, 6) is -2.16. The predicted molar refractivity (Wildman–Crippen MR) is 83.5 cm³/mol. The molecule has 0 aromatic heterocycles. The Morgan fingerprint density at radius 2 is 2.00 bits per heavy atom. The highest BCUT2D eigenvalue weighted by atomic mass is 35.5. The van der Waals surface area contributed by atoms with E-state index in [1.807, 2.05) is 0 Å². The fraction of sp³-hybridized carbons (Fsp3) is 0.533. The maximum Gasteiger partial charge on any atom is 0.240 e. The molecule has 0 radical (unpaired) electrons. The van der Waals surface area contributed by atoms with Gasteiger partial charge in [-0.3, -0.25) is 4.79 Å². The van der Waals surface area contributed by atoms with Crippen LogP contribution in [0.4, 0.5) is 8.78 Å². The van der Waals surface area contributed by atoms with Gasteiger partial charge in [0.1, 0.15) is 18.5 Å². The highest BCUT2D eigenvalue weighted by Crippen LogP contribution is 2.27. The second-order valence-electron chi connectivity index (χ2n) is 5.61. The number of carbonyl (C=O) groups is 1. The van der Waals surface area contributed by atoms with Crippen LogP contribution >= 0.6 is 12.4 Å². The number of aliphatic hydroxyl groups excluding tert-OH is 1. The van der Waals surface area contributed by atoms with Crippen LogP contribution in [0.1, 0.15) is 25.7 Å². The Hall–Kier alpha value is -1.44. The molecule has 0 spiro atoms. The Kier molecular flexibility index (Phi) is 7.18. The minimum absolute atomic E-state index is 0. The van der Waals surface area contributed by atoms with Crippen LogP contribution in [0.5, 0.6) is 5.75 Å². The number of aliphatic hydroxyl groups is 1. The van der Waals surface area contributed by atoms with E-state index in [1.165, 1.54) is 6.07 Å². The van der Waals surface area contributed by atoms with Crippen molar-refractivity contribution < 1.29 is 23.4 Å². The number of hydrogen-bond acceptors (Lipinski definition) is 4. The van der Waals surface area contributed by atoms with E-state index in [-0.39, 0.29) is 37.2 Å². The lowest BCUT2D eigenvalue weighted by atomic mass is 9.98. The molecular weight excluding hydrogens is 330 g/mol. The molecule has 0 saturated heterocycles. The van der Waals surface area contributed by atoms with E-state index < -0.39 is 23.3 Å². The Bertz CT molecular complexity index is 539. The normalized spacial score (nSPS) is 17.2. The van der Waals surface area contributed by atoms with Gasteiger partial charge in [-0.2, -0.15) is 0 Å². The van der Waals surface area contributed by atoms with Crippen LogP contribution < -0.4 is 15.8 Å². The van der Waals surface area contributed by atoms with Crippen molar-refractivity contribution in [3.63, 3.8) is 0 Å². The molecule has 4 N–H and O–H groups in total. The molecule has 0 aliphatic heterocycles. The Balaban J connectivity index is 0.00000264. The van der Waals surface area contributed by atoms with Crippen molar-refractivity contribution >= 4 is 18.3 Å². The van der Waals surface area contributed by atoms with Gasteiger partial charge in [-0.15, -0.1) is 12.4 Å². The van der Waals surface area contributed by atoms with E-state index in [2.05, 4.69) is 5.32 Å². The lowest BCUT2D eigenvalue weighted by Gasteiger charge is -2.23. The summed E-state index contributed by atoms with van der Waals surface area (Å²) in [4.78, 5) is 11.9. The molecule has 1 aromatic carbocycles. The van der Waals surface area contributed by atoms with Crippen LogP contribution in [0.15, 0.2) is 18.2 Å². The zero-order valence-electron chi connectivity index (χ0n) is 12.6. The third-order valence-electron chi connectivity index (χ3n) is 3.78. The molecule has 1 fully saturated rings. The van der Waals surface area contributed by atoms with Crippen molar-refractivity contribution in [3.8, 4) is 5.75 Å². The molecule has 5 nitrogen and oxygen atoms in total. The zero-order chi connectivity index (χ0) is 16.2. The van der Waals surface area contributed by atoms with E-state index in [9.17, 15) is 18.7 Å². The van der Waals surface area contributed by atoms with Crippen molar-refractivity contribution in [1.29, 1.82) is 0 Å². The molecule has 1 aliphatic carbocycles. The van der Waals surface area contributed by atoms with Crippen LogP contribution in [0.3, 0.4) is 0 Å². The van der Waals surface area contributed by atoms with Crippen LogP contribution in [0, 0.1) is 11.6 Å². The molecule has 1 unspecified atom stereocenters. The van der Waals surface area contributed by atoms with Gasteiger partial charge in [0.05, 0.1) is 5.54 Å². The number of ether oxygens (including phenoxy) is 1. The monoisotopic (exact) mass is 350 g/mol. The second kappa shape index (κ2) is 8.42. The van der Waals surface area contributed by atoms with Gasteiger partial charge < -0.3 is 20.9 Å². The van der Waals surface area contributed by atoms with Crippen molar-refractivity contribution in [2.75, 3.05) is 13.2 Å². The molecule has 130 valence electrons. The van der Waals surface area contributed by atoms with Crippen molar-refractivity contribution in [3.05, 3.63) is 29.8 Å². The largest absolute Gasteiger partial charge is 0.491 e. The van der Waals surface area contributed by atoms with Gasteiger partial charge in [0, 0.05) is 12.6 Å². The van der Waals surface area contributed by atoms with Crippen LogP contribution in [0.25, 0.3) is 0 Å². The summed E-state index contributed by atoms with van der Waals surface area (Å²) in [7, 11) is 0. The first-order valence-electron chi connectivity index (χ1n) is 7.24. The average molecular weight is 351 g/mol. The maximum absolute atomic E-state index is 13.0. The molecule has 23 heavy (non-hydrogen) atoms. The number of carbonyl (C=O) groups excluding carboxylic acids is 1. The van der Waals surface area contributed by atoms with E-state index >= 15 is 0 Å². The zero-order valence-corrected chi connectivity index (χ0v) is 13.4. The number of hydrogen-bond donors (Lipinski definition) is 3. The predicted octanol–water partition coefficient (Wildman–Crippen LogP) is 1.51. The lowest BCUT2D eigenvalue weighted by molar-refractivity contribution is -0.126. The summed E-state index contributed by atoms with van der Waals surface area (Å²) in [5.41, 5.74) is 5.14. The lowest BCUT2D eigenvalue weighted by Crippen LogP contribution is -2.53.